The van der Waals surface area contributed by atoms with E-state index in [0.717, 1.165) is 16.0 Å². The number of benzene rings is 2. The second-order valence-electron chi connectivity index (χ2n) is 4.78. The maximum Gasteiger partial charge on any atom is 0.341 e. The maximum atomic E-state index is 12.0. The van der Waals surface area contributed by atoms with Crippen LogP contribution in [0.5, 0.6) is 0 Å². The van der Waals surface area contributed by atoms with Gasteiger partial charge in [-0.3, -0.25) is 0 Å². The molecule has 126 valence electrons. The van der Waals surface area contributed by atoms with Gasteiger partial charge in [0.2, 0.25) is 0 Å². The first-order valence-corrected chi connectivity index (χ1v) is 8.78. The Balaban J connectivity index is 2.30. The Hall–Kier alpha value is -1.62. The lowest BCUT2D eigenvalue weighted by atomic mass is 10.1. The third-order valence-electron chi connectivity index (χ3n) is 3.21. The van der Waals surface area contributed by atoms with E-state index < -0.39 is 5.97 Å². The molecule has 6 heteroatoms. The molecule has 0 saturated heterocycles. The number of ether oxygens (including phenoxy) is 2. The van der Waals surface area contributed by atoms with Gasteiger partial charge >= 0.3 is 5.97 Å². The molecule has 0 N–H and O–H groups in total. The third kappa shape index (κ3) is 4.69. The van der Waals surface area contributed by atoms with Crippen molar-refractivity contribution in [1.29, 1.82) is 0 Å². The smallest absolute Gasteiger partial charge is 0.341 e. The number of carbonyl (C=O) groups is 1. The van der Waals surface area contributed by atoms with Crippen LogP contribution in [0.25, 0.3) is 5.57 Å². The quantitative estimate of drug-likeness (QED) is 0.288. The SMILES string of the molecule is COC=C(C(=O)OC)c1ccccc1SCc1cc(Cl)ccc1Cl. The van der Waals surface area contributed by atoms with Crippen LogP contribution in [-0.2, 0) is 20.0 Å². The highest BCUT2D eigenvalue weighted by Gasteiger charge is 2.17. The Morgan fingerprint density at radius 3 is 2.62 bits per heavy atom. The lowest BCUT2D eigenvalue weighted by Gasteiger charge is -2.12. The standard InChI is InChI=1S/C18H16Cl2O3S/c1-22-10-15(18(21)23-2)14-5-3-4-6-17(14)24-11-12-9-13(19)7-8-16(12)20/h3-10H,11H2,1-2H3. The predicted octanol–water partition coefficient (Wildman–Crippen LogP) is 5.45. The van der Waals surface area contributed by atoms with Gasteiger partial charge in [0.15, 0.2) is 0 Å². The zero-order chi connectivity index (χ0) is 17.5. The van der Waals surface area contributed by atoms with Crippen LogP contribution in [0.1, 0.15) is 11.1 Å². The van der Waals surface area contributed by atoms with E-state index in [0.29, 0.717) is 21.4 Å². The summed E-state index contributed by atoms with van der Waals surface area (Å²) in [6.45, 7) is 0. The van der Waals surface area contributed by atoms with E-state index in [1.807, 2.05) is 30.3 Å². The van der Waals surface area contributed by atoms with Gasteiger partial charge in [-0.05, 0) is 29.8 Å². The first-order chi connectivity index (χ1) is 11.6. The number of methoxy groups -OCH3 is 2. The monoisotopic (exact) mass is 382 g/mol. The van der Waals surface area contributed by atoms with Gasteiger partial charge in [0, 0.05) is 26.3 Å². The van der Waals surface area contributed by atoms with E-state index in [1.54, 1.807) is 23.9 Å². The summed E-state index contributed by atoms with van der Waals surface area (Å²) in [5, 5.41) is 1.29. The summed E-state index contributed by atoms with van der Waals surface area (Å²) >= 11 is 13.8. The minimum atomic E-state index is -0.453. The Kier molecular flexibility index (Phi) is 7.03. The van der Waals surface area contributed by atoms with Crippen molar-refractivity contribution in [1.82, 2.24) is 0 Å². The molecule has 0 heterocycles. The lowest BCUT2D eigenvalue weighted by Crippen LogP contribution is -2.05. The predicted molar refractivity (Wildman–Crippen MR) is 99.5 cm³/mol. The number of thioether (sulfide) groups is 1. The summed E-state index contributed by atoms with van der Waals surface area (Å²) in [4.78, 5) is 12.9. The van der Waals surface area contributed by atoms with Crippen LogP contribution in [0.2, 0.25) is 10.0 Å². The van der Waals surface area contributed by atoms with Crippen LogP contribution in [0.4, 0.5) is 0 Å². The Labute approximate surface area is 155 Å². The van der Waals surface area contributed by atoms with E-state index in [9.17, 15) is 4.79 Å². The molecule has 24 heavy (non-hydrogen) atoms. The third-order valence-corrected chi connectivity index (χ3v) is 4.94. The summed E-state index contributed by atoms with van der Waals surface area (Å²) < 4.78 is 9.86. The fourth-order valence-electron chi connectivity index (χ4n) is 2.07. The highest BCUT2D eigenvalue weighted by atomic mass is 35.5. The van der Waals surface area contributed by atoms with Crippen LogP contribution in [0.15, 0.2) is 53.6 Å². The van der Waals surface area contributed by atoms with Gasteiger partial charge in [0.05, 0.1) is 20.5 Å². The first kappa shape index (κ1) is 18.7. The highest BCUT2D eigenvalue weighted by molar-refractivity contribution is 7.98. The average Bonchev–Trinajstić information content (AvgIpc) is 2.60. The molecule has 2 rings (SSSR count). The number of carbonyl (C=O) groups excluding carboxylic acids is 1. The normalized spacial score (nSPS) is 11.2. The van der Waals surface area contributed by atoms with Gasteiger partial charge in [-0.1, -0.05) is 41.4 Å². The van der Waals surface area contributed by atoms with Crippen LogP contribution < -0.4 is 0 Å². The summed E-state index contributed by atoms with van der Waals surface area (Å²) in [5.41, 5.74) is 2.04. The molecule has 0 aliphatic rings. The van der Waals surface area contributed by atoms with Crippen LogP contribution in [0.3, 0.4) is 0 Å². The molecule has 0 amide bonds. The zero-order valence-electron chi connectivity index (χ0n) is 13.2. The molecular weight excluding hydrogens is 367 g/mol. The Morgan fingerprint density at radius 2 is 1.92 bits per heavy atom. The van der Waals surface area contributed by atoms with Crippen molar-refractivity contribution >= 4 is 46.5 Å². The number of halogens is 2. The van der Waals surface area contributed by atoms with Crippen molar-refractivity contribution in [2.45, 2.75) is 10.6 Å². The molecule has 0 aliphatic heterocycles. The number of esters is 1. The summed E-state index contributed by atoms with van der Waals surface area (Å²) in [6, 6.07) is 12.9. The van der Waals surface area contributed by atoms with Gasteiger partial charge in [0.1, 0.15) is 5.57 Å². The molecule has 0 atom stereocenters. The second kappa shape index (κ2) is 9.02. The molecule has 3 nitrogen and oxygen atoms in total. The van der Waals surface area contributed by atoms with Gasteiger partial charge in [0.25, 0.3) is 0 Å². The Bertz CT molecular complexity index is 760. The summed E-state index contributed by atoms with van der Waals surface area (Å²) in [5.74, 6) is 0.170. The van der Waals surface area contributed by atoms with E-state index in [4.69, 9.17) is 32.7 Å². The van der Waals surface area contributed by atoms with E-state index in [1.165, 1.54) is 20.5 Å². The zero-order valence-corrected chi connectivity index (χ0v) is 15.5. The fourth-order valence-corrected chi connectivity index (χ4v) is 3.59. The van der Waals surface area contributed by atoms with Crippen molar-refractivity contribution < 1.29 is 14.3 Å². The largest absolute Gasteiger partial charge is 0.503 e. The van der Waals surface area contributed by atoms with Crippen molar-refractivity contribution in [3.63, 3.8) is 0 Å². The maximum absolute atomic E-state index is 12.0. The van der Waals surface area contributed by atoms with E-state index in [-0.39, 0.29) is 0 Å². The minimum absolute atomic E-state index is 0.361. The molecule has 0 unspecified atom stereocenters. The molecule has 2 aromatic carbocycles. The molecule has 0 spiro atoms. The van der Waals surface area contributed by atoms with Gasteiger partial charge < -0.3 is 9.47 Å². The van der Waals surface area contributed by atoms with Crippen LogP contribution >= 0.6 is 35.0 Å². The topological polar surface area (TPSA) is 35.5 Å². The molecule has 0 saturated carbocycles. The highest BCUT2D eigenvalue weighted by Crippen LogP contribution is 2.33. The van der Waals surface area contributed by atoms with Crippen molar-refractivity contribution in [2.24, 2.45) is 0 Å². The molecule has 0 radical (unpaired) electrons. The van der Waals surface area contributed by atoms with Gasteiger partial charge in [-0.25, -0.2) is 4.79 Å². The van der Waals surface area contributed by atoms with Crippen LogP contribution in [0, 0.1) is 0 Å². The molecule has 0 bridgehead atoms. The molecule has 0 aliphatic carbocycles. The second-order valence-corrected chi connectivity index (χ2v) is 6.64. The van der Waals surface area contributed by atoms with Gasteiger partial charge in [-0.15, -0.1) is 11.8 Å². The van der Waals surface area contributed by atoms with E-state index in [2.05, 4.69) is 0 Å². The van der Waals surface area contributed by atoms with Gasteiger partial charge in [-0.2, -0.15) is 0 Å². The molecule has 2 aromatic rings. The lowest BCUT2D eigenvalue weighted by molar-refractivity contribution is -0.133. The van der Waals surface area contributed by atoms with Crippen molar-refractivity contribution in [3.05, 3.63) is 69.9 Å². The number of rotatable bonds is 6. The molecule has 0 fully saturated rings. The number of hydrogen-bond donors (Lipinski definition) is 0. The Morgan fingerprint density at radius 1 is 1.17 bits per heavy atom. The first-order valence-electron chi connectivity index (χ1n) is 7.04. The number of hydrogen-bond acceptors (Lipinski definition) is 4. The van der Waals surface area contributed by atoms with E-state index >= 15 is 0 Å². The average molecular weight is 383 g/mol. The van der Waals surface area contributed by atoms with Crippen LogP contribution in [-0.4, -0.2) is 20.2 Å². The summed E-state index contributed by atoms with van der Waals surface area (Å²) in [7, 11) is 2.83. The fraction of sp³-hybridized carbons (Fsp3) is 0.167. The summed E-state index contributed by atoms with van der Waals surface area (Å²) in [6.07, 6.45) is 1.39. The van der Waals surface area contributed by atoms with Crippen molar-refractivity contribution in [3.8, 4) is 0 Å². The van der Waals surface area contributed by atoms with Crippen molar-refractivity contribution in [2.75, 3.05) is 14.2 Å². The molecular formula is C18H16Cl2O3S. The minimum Gasteiger partial charge on any atom is -0.503 e. The molecule has 0 aromatic heterocycles.